The highest BCUT2D eigenvalue weighted by Gasteiger charge is 2.48. The Bertz CT molecular complexity index is 423. The third-order valence-electron chi connectivity index (χ3n) is 5.24. The zero-order valence-electron chi connectivity index (χ0n) is 11.7. The number of amides is 1. The number of allylic oxidation sites excluding steroid dienone is 2. The van der Waals surface area contributed by atoms with E-state index in [0.717, 1.165) is 32.1 Å². The summed E-state index contributed by atoms with van der Waals surface area (Å²) in [5.41, 5.74) is 0. The molecular formula is C16H22NO3-. The van der Waals surface area contributed by atoms with Crippen molar-refractivity contribution in [3.63, 3.8) is 0 Å². The van der Waals surface area contributed by atoms with E-state index in [1.807, 2.05) is 12.2 Å². The Morgan fingerprint density at radius 2 is 1.55 bits per heavy atom. The minimum absolute atomic E-state index is 0.00474. The number of aliphatic carboxylic acids is 1. The van der Waals surface area contributed by atoms with E-state index in [0.29, 0.717) is 0 Å². The molecule has 2 fully saturated rings. The molecule has 1 amide bonds. The lowest BCUT2D eigenvalue weighted by Crippen LogP contribution is -2.47. The van der Waals surface area contributed by atoms with Gasteiger partial charge in [0.1, 0.15) is 0 Å². The number of carboxylic acids is 1. The molecule has 0 aromatic carbocycles. The van der Waals surface area contributed by atoms with Gasteiger partial charge in [0.05, 0.1) is 5.92 Å². The Labute approximate surface area is 119 Å². The first-order valence-corrected chi connectivity index (χ1v) is 7.86. The number of hydrogen-bond acceptors (Lipinski definition) is 3. The molecule has 3 aliphatic carbocycles. The average Bonchev–Trinajstić information content (AvgIpc) is 2.93. The summed E-state index contributed by atoms with van der Waals surface area (Å²) in [4.78, 5) is 23.8. The van der Waals surface area contributed by atoms with Gasteiger partial charge < -0.3 is 15.2 Å². The van der Waals surface area contributed by atoms with Crippen molar-refractivity contribution in [2.24, 2.45) is 23.7 Å². The van der Waals surface area contributed by atoms with E-state index in [2.05, 4.69) is 5.32 Å². The molecule has 3 rings (SSSR count). The third-order valence-corrected chi connectivity index (χ3v) is 5.24. The molecular weight excluding hydrogens is 254 g/mol. The fourth-order valence-electron chi connectivity index (χ4n) is 4.22. The van der Waals surface area contributed by atoms with Crippen LogP contribution in [0.3, 0.4) is 0 Å². The zero-order valence-corrected chi connectivity index (χ0v) is 11.7. The molecule has 4 atom stereocenters. The number of hydrogen-bond donors (Lipinski definition) is 1. The highest BCUT2D eigenvalue weighted by molar-refractivity contribution is 5.86. The normalized spacial score (nSPS) is 36.8. The Hall–Kier alpha value is -1.32. The van der Waals surface area contributed by atoms with E-state index in [9.17, 15) is 14.7 Å². The van der Waals surface area contributed by atoms with Crippen LogP contribution in [0.4, 0.5) is 0 Å². The van der Waals surface area contributed by atoms with Gasteiger partial charge in [-0.1, -0.05) is 37.8 Å². The van der Waals surface area contributed by atoms with E-state index in [1.165, 1.54) is 12.8 Å². The standard InChI is InChI=1S/C16H23NO3/c18-15(17-12-5-3-1-2-4-6-12)13-10-7-8-11(9-10)14(13)16(19)20/h7-8,10-14H,1-6,9H2,(H,17,18)(H,19,20)/p-1/t10-,11+,13-,14+/m1/s1. The lowest BCUT2D eigenvalue weighted by molar-refractivity contribution is -0.313. The smallest absolute Gasteiger partial charge is 0.224 e. The lowest BCUT2D eigenvalue weighted by atomic mass is 9.82. The van der Waals surface area contributed by atoms with Crippen molar-refractivity contribution in [3.05, 3.63) is 12.2 Å². The number of nitrogens with one attached hydrogen (secondary N) is 1. The summed E-state index contributed by atoms with van der Waals surface area (Å²) in [5.74, 6) is -2.09. The summed E-state index contributed by atoms with van der Waals surface area (Å²) in [6.45, 7) is 0. The summed E-state index contributed by atoms with van der Waals surface area (Å²) in [7, 11) is 0. The van der Waals surface area contributed by atoms with Gasteiger partial charge in [0, 0.05) is 17.9 Å². The highest BCUT2D eigenvalue weighted by Crippen LogP contribution is 2.47. The van der Waals surface area contributed by atoms with Gasteiger partial charge in [-0.05, 0) is 31.1 Å². The van der Waals surface area contributed by atoms with E-state index in [4.69, 9.17) is 0 Å². The molecule has 3 aliphatic rings. The second kappa shape index (κ2) is 5.58. The van der Waals surface area contributed by atoms with Crippen LogP contribution in [0.25, 0.3) is 0 Å². The molecule has 0 radical (unpaired) electrons. The first-order chi connectivity index (χ1) is 9.66. The van der Waals surface area contributed by atoms with Gasteiger partial charge in [0.25, 0.3) is 0 Å². The summed E-state index contributed by atoms with van der Waals surface area (Å²) in [6, 6.07) is 0.232. The van der Waals surface area contributed by atoms with Crippen molar-refractivity contribution in [2.75, 3.05) is 0 Å². The monoisotopic (exact) mass is 276 g/mol. The maximum absolute atomic E-state index is 12.5. The van der Waals surface area contributed by atoms with Gasteiger partial charge in [0.15, 0.2) is 0 Å². The number of fused-ring (bicyclic) bond motifs is 2. The van der Waals surface area contributed by atoms with E-state index in [1.54, 1.807) is 0 Å². The summed E-state index contributed by atoms with van der Waals surface area (Å²) >= 11 is 0. The van der Waals surface area contributed by atoms with Crippen molar-refractivity contribution in [1.82, 2.24) is 5.32 Å². The van der Waals surface area contributed by atoms with Gasteiger partial charge in [-0.3, -0.25) is 4.79 Å². The molecule has 4 nitrogen and oxygen atoms in total. The zero-order chi connectivity index (χ0) is 14.1. The molecule has 0 aromatic heterocycles. The van der Waals surface area contributed by atoms with E-state index >= 15 is 0 Å². The van der Waals surface area contributed by atoms with Gasteiger partial charge in [-0.25, -0.2) is 0 Å². The maximum atomic E-state index is 12.5. The lowest BCUT2D eigenvalue weighted by Gasteiger charge is -2.29. The summed E-state index contributed by atoms with van der Waals surface area (Å²) in [6.07, 6.45) is 11.6. The second-order valence-corrected chi connectivity index (χ2v) is 6.52. The van der Waals surface area contributed by atoms with Crippen LogP contribution in [0.5, 0.6) is 0 Å². The molecule has 0 heterocycles. The van der Waals surface area contributed by atoms with Crippen molar-refractivity contribution in [3.8, 4) is 0 Å². The molecule has 4 heteroatoms. The van der Waals surface area contributed by atoms with Crippen LogP contribution in [0.15, 0.2) is 12.2 Å². The number of carbonyl (C=O) groups is 2. The minimum atomic E-state index is -1.07. The van der Waals surface area contributed by atoms with Crippen molar-refractivity contribution >= 4 is 11.9 Å². The number of rotatable bonds is 3. The SMILES string of the molecule is O=C([O-])[C@@H]1[C@H](C(=O)NC2CCCCCC2)[C@@H]2C=C[C@H]1C2. The fraction of sp³-hybridized carbons (Fsp3) is 0.750. The predicted octanol–water partition coefficient (Wildman–Crippen LogP) is 1.01. The molecule has 1 N–H and O–H groups in total. The van der Waals surface area contributed by atoms with E-state index < -0.39 is 17.8 Å². The van der Waals surface area contributed by atoms with Crippen LogP contribution in [0, 0.1) is 23.7 Å². The number of carbonyl (C=O) groups excluding carboxylic acids is 2. The molecule has 0 saturated heterocycles. The molecule has 2 bridgehead atoms. The fourth-order valence-corrected chi connectivity index (χ4v) is 4.22. The minimum Gasteiger partial charge on any atom is -0.550 e. The Morgan fingerprint density at radius 3 is 2.15 bits per heavy atom. The van der Waals surface area contributed by atoms with Gasteiger partial charge in [0.2, 0.25) is 5.91 Å². The number of carboxylic acid groups (broad SMARTS) is 1. The molecule has 0 spiro atoms. The second-order valence-electron chi connectivity index (χ2n) is 6.52. The predicted molar refractivity (Wildman–Crippen MR) is 72.4 cm³/mol. The van der Waals surface area contributed by atoms with Crippen LogP contribution in [0.1, 0.15) is 44.9 Å². The largest absolute Gasteiger partial charge is 0.550 e. The van der Waals surface area contributed by atoms with Crippen molar-refractivity contribution in [2.45, 2.75) is 51.0 Å². The molecule has 20 heavy (non-hydrogen) atoms. The molecule has 0 unspecified atom stereocenters. The average molecular weight is 276 g/mol. The van der Waals surface area contributed by atoms with Crippen LogP contribution >= 0.6 is 0 Å². The van der Waals surface area contributed by atoms with Gasteiger partial charge in [-0.15, -0.1) is 0 Å². The Balaban J connectivity index is 1.66. The first-order valence-electron chi connectivity index (χ1n) is 7.86. The highest BCUT2D eigenvalue weighted by atomic mass is 16.4. The molecule has 0 aliphatic heterocycles. The Kier molecular flexibility index (Phi) is 3.81. The Morgan fingerprint density at radius 1 is 0.950 bits per heavy atom. The third kappa shape index (κ3) is 2.48. The van der Waals surface area contributed by atoms with Crippen LogP contribution in [0.2, 0.25) is 0 Å². The van der Waals surface area contributed by atoms with Gasteiger partial charge >= 0.3 is 0 Å². The maximum Gasteiger partial charge on any atom is 0.224 e. The van der Waals surface area contributed by atoms with Crippen LogP contribution in [-0.2, 0) is 9.59 Å². The van der Waals surface area contributed by atoms with Gasteiger partial charge in [-0.2, -0.15) is 0 Å². The molecule has 0 aromatic rings. The topological polar surface area (TPSA) is 69.2 Å². The molecule has 2 saturated carbocycles. The summed E-state index contributed by atoms with van der Waals surface area (Å²) < 4.78 is 0. The summed E-state index contributed by atoms with van der Waals surface area (Å²) in [5, 5.41) is 14.4. The van der Waals surface area contributed by atoms with Crippen LogP contribution in [-0.4, -0.2) is 17.9 Å². The van der Waals surface area contributed by atoms with Crippen LogP contribution < -0.4 is 10.4 Å². The molecule has 110 valence electrons. The first kappa shape index (κ1) is 13.7. The van der Waals surface area contributed by atoms with Crippen molar-refractivity contribution < 1.29 is 14.7 Å². The quantitative estimate of drug-likeness (QED) is 0.618. The van der Waals surface area contributed by atoms with E-state index in [-0.39, 0.29) is 23.8 Å². The van der Waals surface area contributed by atoms with Crippen molar-refractivity contribution in [1.29, 1.82) is 0 Å².